The molecule has 0 spiro atoms. The highest BCUT2D eigenvalue weighted by Gasteiger charge is 2.57. The van der Waals surface area contributed by atoms with Gasteiger partial charge in [-0.1, -0.05) is 31.5 Å². The third kappa shape index (κ3) is 8.25. The third-order valence-corrected chi connectivity index (χ3v) is 15.1. The number of nitrogens with zero attached hydrogens (tertiary/aromatic N) is 3. The Morgan fingerprint density at radius 3 is 2.38 bits per heavy atom. The van der Waals surface area contributed by atoms with Crippen LogP contribution in [0.25, 0.3) is 5.65 Å². The van der Waals surface area contributed by atoms with Crippen LogP contribution in [0.15, 0.2) is 30.0 Å². The van der Waals surface area contributed by atoms with Crippen molar-refractivity contribution in [1.29, 1.82) is 0 Å². The number of imidazole rings is 1. The number of aromatic nitrogens is 2. The molecular weight excluding hydrogens is 790 g/mol. The van der Waals surface area contributed by atoms with E-state index in [1.165, 1.54) is 0 Å². The molecule has 6 aliphatic rings. The van der Waals surface area contributed by atoms with Crippen LogP contribution < -0.4 is 0 Å². The molecule has 1 saturated carbocycles. The Balaban J connectivity index is 1.14. The van der Waals surface area contributed by atoms with Crippen molar-refractivity contribution in [3.63, 3.8) is 0 Å². The number of carbonyl (C=O) groups excluding carboxylic acids is 2. The van der Waals surface area contributed by atoms with E-state index in [1.807, 2.05) is 32.2 Å². The predicted octanol–water partition coefficient (Wildman–Crippen LogP) is 6.87. The summed E-state index contributed by atoms with van der Waals surface area (Å²) in [5.41, 5.74) is 3.44. The summed E-state index contributed by atoms with van der Waals surface area (Å²) in [6.07, 6.45) is 6.99. The Kier molecular flexibility index (Phi) is 13.5. The molecule has 3 aliphatic heterocycles. The normalized spacial score (nSPS) is 41.2. The largest absolute Gasteiger partial charge is 0.462 e. The van der Waals surface area contributed by atoms with E-state index in [0.29, 0.717) is 35.9 Å². The average molecular weight is 856 g/mol. The number of likely N-dealkylation sites (N-methyl/N-ethyl adjacent to an activating group) is 1. The number of allylic oxidation sites excluding steroid dienone is 2. The lowest BCUT2D eigenvalue weighted by atomic mass is 9.66. The van der Waals surface area contributed by atoms with Crippen LogP contribution >= 0.6 is 11.6 Å². The first-order valence-corrected chi connectivity index (χ1v) is 22.7. The average Bonchev–Trinajstić information content (AvgIpc) is 3.91. The first-order valence-electron chi connectivity index (χ1n) is 22.3. The van der Waals surface area contributed by atoms with Gasteiger partial charge in [0.1, 0.15) is 30.1 Å². The van der Waals surface area contributed by atoms with Crippen molar-refractivity contribution in [3.05, 3.63) is 46.4 Å². The van der Waals surface area contributed by atoms with Crippen LogP contribution in [0.3, 0.4) is 0 Å². The van der Waals surface area contributed by atoms with E-state index in [4.69, 9.17) is 54.5 Å². The van der Waals surface area contributed by atoms with Crippen LogP contribution in [0.4, 0.5) is 0 Å². The van der Waals surface area contributed by atoms with Gasteiger partial charge in [-0.2, -0.15) is 0 Å². The van der Waals surface area contributed by atoms with E-state index < -0.39 is 30.5 Å². The number of halogens is 1. The first kappa shape index (κ1) is 44.2. The molecule has 5 heterocycles. The zero-order chi connectivity index (χ0) is 42.6. The van der Waals surface area contributed by atoms with Gasteiger partial charge in [0.15, 0.2) is 18.4 Å². The van der Waals surface area contributed by atoms with Gasteiger partial charge in [-0.25, -0.2) is 4.98 Å². The van der Waals surface area contributed by atoms with Gasteiger partial charge in [0, 0.05) is 74.0 Å². The summed E-state index contributed by atoms with van der Waals surface area (Å²) in [5, 5.41) is 0.593. The highest BCUT2D eigenvalue weighted by Crippen LogP contribution is 2.61. The molecule has 2 aromatic rings. The maximum atomic E-state index is 15.2. The molecule has 0 radical (unpaired) electrons. The number of ether oxygens (including phenoxy) is 8. The minimum absolute atomic E-state index is 0.00347. The fourth-order valence-electron chi connectivity index (χ4n) is 11.9. The number of esters is 1. The lowest BCUT2D eigenvalue weighted by Crippen LogP contribution is -2.59. The maximum Gasteiger partial charge on any atom is 0.306 e. The molecule has 332 valence electrons. The fraction of sp³-hybridized carbons (Fsp3) is 0.761. The number of hydrogen-bond acceptors (Lipinski definition) is 12. The Hall–Kier alpha value is -2.46. The summed E-state index contributed by atoms with van der Waals surface area (Å²) in [5.74, 6) is -1.24. The van der Waals surface area contributed by atoms with Crippen molar-refractivity contribution in [1.82, 2.24) is 14.3 Å². The molecule has 0 amide bonds. The van der Waals surface area contributed by atoms with Crippen molar-refractivity contribution in [2.45, 2.75) is 165 Å². The van der Waals surface area contributed by atoms with Gasteiger partial charge in [0.05, 0.1) is 36.5 Å². The molecule has 17 atom stereocenters. The number of fused-ring (bicyclic) bond motifs is 10. The molecular formula is C46H66ClN3O10. The van der Waals surface area contributed by atoms with Gasteiger partial charge >= 0.3 is 5.97 Å². The number of Topliss-reactive ketones (excluding diaryl/α,β-unsaturated/α-hetero) is 1. The smallest absolute Gasteiger partial charge is 0.306 e. The van der Waals surface area contributed by atoms with E-state index in [9.17, 15) is 4.79 Å². The molecule has 0 bridgehead atoms. The van der Waals surface area contributed by atoms with E-state index in [2.05, 4.69) is 43.3 Å². The number of hydrogen-bond donors (Lipinski definition) is 0. The fourth-order valence-corrected chi connectivity index (χ4v) is 12.1. The molecule has 2 aromatic heterocycles. The van der Waals surface area contributed by atoms with E-state index >= 15 is 4.79 Å². The van der Waals surface area contributed by atoms with Crippen LogP contribution in [0.1, 0.15) is 109 Å². The molecule has 8 rings (SSSR count). The van der Waals surface area contributed by atoms with Crippen LogP contribution in [-0.4, -0.2) is 129 Å². The highest BCUT2D eigenvalue weighted by molar-refractivity contribution is 6.30. The van der Waals surface area contributed by atoms with Crippen LogP contribution in [0.5, 0.6) is 0 Å². The number of methoxy groups -OCH3 is 3. The number of ketones is 1. The van der Waals surface area contributed by atoms with E-state index in [1.54, 1.807) is 21.3 Å². The summed E-state index contributed by atoms with van der Waals surface area (Å²) >= 11 is 6.57. The molecule has 13 nitrogen and oxygen atoms in total. The Morgan fingerprint density at radius 2 is 1.68 bits per heavy atom. The summed E-state index contributed by atoms with van der Waals surface area (Å²) in [6, 6.07) is 4.08. The standard InChI is InChI=1S/C46H66ClN3O10/c1-10-27-12-11-13-35(60-38-15-14-34(49(5)6)24(3)56-38)23(2)42(52)33-21-30-29-19-28(59-46-45(55-9)44(54-8)43(53-7)25(4)57-46)20-32(29)41-40(39(30)31(33)22-37(51)58-27)48-36-18-26(47)16-17-50(36)41/h16-18,21,23-25,27-32,34-35,38-39,43-46H,10-15,19-20,22H2,1-9H3/t23-,24?,25?,27+,28+,29+,30+,31-,32-,34+,35+,38+,39-,43+,44?,45+,46+/m1/s1. The van der Waals surface area contributed by atoms with Crippen LogP contribution in [0, 0.1) is 23.7 Å². The number of rotatable bonds is 9. The number of carbonyl (C=O) groups is 2. The summed E-state index contributed by atoms with van der Waals surface area (Å²) in [6.45, 7) is 8.13. The topological polar surface area (TPSA) is 129 Å². The molecule has 3 aliphatic carbocycles. The van der Waals surface area contributed by atoms with Gasteiger partial charge in [-0.15, -0.1) is 0 Å². The van der Waals surface area contributed by atoms with Gasteiger partial charge in [-0.3, -0.25) is 9.59 Å². The van der Waals surface area contributed by atoms with Crippen molar-refractivity contribution in [3.8, 4) is 0 Å². The molecule has 60 heavy (non-hydrogen) atoms. The maximum absolute atomic E-state index is 15.2. The third-order valence-electron chi connectivity index (χ3n) is 14.9. The van der Waals surface area contributed by atoms with Crippen molar-refractivity contribution in [2.75, 3.05) is 35.4 Å². The van der Waals surface area contributed by atoms with E-state index in [-0.39, 0.29) is 84.6 Å². The predicted molar refractivity (Wildman–Crippen MR) is 224 cm³/mol. The molecule has 14 heteroatoms. The Bertz CT molecular complexity index is 1890. The SMILES string of the molecule is CC[C@H]1CCC[C@H](O[C@H]2CC[C@H](N(C)C)C(C)O2)[C@@H](C)C(=O)C2=C[C@H]3[C@@H]4C[C@H](O[C@@H]5OC(C)[C@H](OC)C(OC)[C@@H]5OC)C[C@H]4c4c(nc5cc(Cl)ccn45)[C@H]3[C@@H]2CC(=O)O1. The lowest BCUT2D eigenvalue weighted by Gasteiger charge is -2.44. The number of cyclic esters (lactones) is 1. The van der Waals surface area contributed by atoms with Crippen molar-refractivity contribution >= 4 is 29.0 Å². The second-order valence-electron chi connectivity index (χ2n) is 18.5. The second kappa shape index (κ2) is 18.3. The minimum Gasteiger partial charge on any atom is -0.462 e. The monoisotopic (exact) mass is 855 g/mol. The van der Waals surface area contributed by atoms with Crippen LogP contribution in [-0.2, 0) is 47.5 Å². The van der Waals surface area contributed by atoms with Gasteiger partial charge < -0.3 is 47.2 Å². The van der Waals surface area contributed by atoms with Gasteiger partial charge in [-0.05, 0) is 103 Å². The highest BCUT2D eigenvalue weighted by atomic mass is 35.5. The van der Waals surface area contributed by atoms with Crippen LogP contribution in [0.2, 0.25) is 5.02 Å². The second-order valence-corrected chi connectivity index (χ2v) is 18.9. The molecule has 0 aromatic carbocycles. The first-order chi connectivity index (χ1) is 28.8. The lowest BCUT2D eigenvalue weighted by molar-refractivity contribution is -0.314. The molecule has 0 N–H and O–H groups in total. The van der Waals surface area contributed by atoms with Crippen molar-refractivity contribution < 1.29 is 47.5 Å². The van der Waals surface area contributed by atoms with Crippen molar-refractivity contribution in [2.24, 2.45) is 23.7 Å². The summed E-state index contributed by atoms with van der Waals surface area (Å²) < 4.78 is 52.6. The zero-order valence-electron chi connectivity index (χ0n) is 36.8. The summed E-state index contributed by atoms with van der Waals surface area (Å²) in [7, 11) is 9.12. The Labute approximate surface area is 360 Å². The molecule has 4 fully saturated rings. The van der Waals surface area contributed by atoms with Gasteiger partial charge in [0.25, 0.3) is 0 Å². The minimum atomic E-state index is -0.676. The quantitative estimate of drug-likeness (QED) is 0.244. The zero-order valence-corrected chi connectivity index (χ0v) is 37.5. The number of pyridine rings is 1. The summed E-state index contributed by atoms with van der Waals surface area (Å²) in [4.78, 5) is 36.7. The van der Waals surface area contributed by atoms with Gasteiger partial charge in [0.2, 0.25) is 0 Å². The Morgan fingerprint density at radius 1 is 0.917 bits per heavy atom. The van der Waals surface area contributed by atoms with E-state index in [0.717, 1.165) is 49.1 Å². The molecule has 3 saturated heterocycles. The molecule has 3 unspecified atom stereocenters.